The van der Waals surface area contributed by atoms with Gasteiger partial charge < -0.3 is 11.1 Å². The second-order valence-corrected chi connectivity index (χ2v) is 2.63. The van der Waals surface area contributed by atoms with Crippen LogP contribution < -0.4 is 11.1 Å². The maximum atomic E-state index is 5.43. The molecule has 2 heterocycles. The zero-order valence-electron chi connectivity index (χ0n) is 6.17. The molecule has 0 unspecified atom stereocenters. The molecule has 4 nitrogen and oxygen atoms in total. The normalized spacial score (nSPS) is 16.0. The number of fused-ring (bicyclic) bond motifs is 1. The lowest BCUT2D eigenvalue weighted by Gasteiger charge is -2.14. The lowest BCUT2D eigenvalue weighted by Crippen LogP contribution is -2.25. The molecule has 0 fully saturated rings. The fourth-order valence-corrected chi connectivity index (χ4v) is 1.25. The van der Waals surface area contributed by atoms with Crippen LogP contribution in [-0.4, -0.2) is 16.5 Å². The molecule has 0 spiro atoms. The minimum Gasteiger partial charge on any atom is -0.368 e. The first kappa shape index (κ1) is 6.54. The summed E-state index contributed by atoms with van der Waals surface area (Å²) in [5.41, 5.74) is 7.70. The summed E-state index contributed by atoms with van der Waals surface area (Å²) in [6.07, 6.45) is 2.83. The van der Waals surface area contributed by atoms with E-state index in [1.165, 1.54) is 5.56 Å². The van der Waals surface area contributed by atoms with Gasteiger partial charge in [-0.1, -0.05) is 0 Å². The quantitative estimate of drug-likeness (QED) is 0.533. The van der Waals surface area contributed by atoms with Crippen LogP contribution in [0.1, 0.15) is 11.3 Å². The highest BCUT2D eigenvalue weighted by molar-refractivity contribution is 5.26. The van der Waals surface area contributed by atoms with Crippen LogP contribution in [0.15, 0.2) is 6.20 Å². The minimum atomic E-state index is 0.368. The van der Waals surface area contributed by atoms with E-state index in [4.69, 9.17) is 5.73 Å². The summed E-state index contributed by atoms with van der Waals surface area (Å²) in [7, 11) is 0. The molecule has 11 heavy (non-hydrogen) atoms. The molecule has 0 aliphatic carbocycles. The van der Waals surface area contributed by atoms with E-state index < -0.39 is 0 Å². The first-order valence-electron chi connectivity index (χ1n) is 3.67. The molecule has 0 saturated carbocycles. The highest BCUT2D eigenvalue weighted by Gasteiger charge is 2.09. The summed E-state index contributed by atoms with van der Waals surface area (Å²) in [5, 5.41) is 3.22. The number of nitrogens with zero attached hydrogens (tertiary/aromatic N) is 2. The molecular weight excluding hydrogens is 140 g/mol. The van der Waals surface area contributed by atoms with Crippen LogP contribution in [0.2, 0.25) is 0 Å². The summed E-state index contributed by atoms with van der Waals surface area (Å²) < 4.78 is 0. The van der Waals surface area contributed by atoms with E-state index in [1.54, 1.807) is 0 Å². The Hall–Kier alpha value is -1.16. The Morgan fingerprint density at radius 3 is 3.36 bits per heavy atom. The van der Waals surface area contributed by atoms with Crippen molar-refractivity contribution in [1.82, 2.24) is 15.3 Å². The van der Waals surface area contributed by atoms with Crippen molar-refractivity contribution in [3.8, 4) is 0 Å². The number of anilines is 1. The highest BCUT2D eigenvalue weighted by atomic mass is 15.0. The molecular formula is C7H10N4. The van der Waals surface area contributed by atoms with Crippen molar-refractivity contribution in [2.75, 3.05) is 12.3 Å². The largest absolute Gasteiger partial charge is 0.368 e. The molecule has 58 valence electrons. The lowest BCUT2D eigenvalue weighted by molar-refractivity contribution is 0.624. The number of nitrogen functional groups attached to an aromatic ring is 1. The van der Waals surface area contributed by atoms with Crippen molar-refractivity contribution in [2.45, 2.75) is 13.0 Å². The number of hydrogen-bond donors (Lipinski definition) is 2. The fourth-order valence-electron chi connectivity index (χ4n) is 1.25. The molecule has 1 aromatic heterocycles. The van der Waals surface area contributed by atoms with Gasteiger partial charge in [0.15, 0.2) is 0 Å². The first-order valence-corrected chi connectivity index (χ1v) is 3.67. The van der Waals surface area contributed by atoms with Crippen LogP contribution in [0.3, 0.4) is 0 Å². The van der Waals surface area contributed by atoms with Gasteiger partial charge in [0.05, 0.1) is 5.69 Å². The second-order valence-electron chi connectivity index (χ2n) is 2.63. The summed E-state index contributed by atoms with van der Waals surface area (Å²) in [5.74, 6) is 0.368. The first-order chi connectivity index (χ1) is 5.36. The van der Waals surface area contributed by atoms with E-state index in [9.17, 15) is 0 Å². The molecule has 1 aliphatic heterocycles. The summed E-state index contributed by atoms with van der Waals surface area (Å²) >= 11 is 0. The zero-order chi connectivity index (χ0) is 7.68. The Labute approximate surface area is 64.8 Å². The number of aromatic nitrogens is 2. The van der Waals surface area contributed by atoms with Crippen LogP contribution in [0.25, 0.3) is 0 Å². The number of hydrogen-bond acceptors (Lipinski definition) is 4. The van der Waals surface area contributed by atoms with Gasteiger partial charge in [-0.2, -0.15) is 0 Å². The van der Waals surface area contributed by atoms with E-state index in [-0.39, 0.29) is 0 Å². The van der Waals surface area contributed by atoms with Crippen molar-refractivity contribution in [3.05, 3.63) is 17.5 Å². The third kappa shape index (κ3) is 1.17. The van der Waals surface area contributed by atoms with Gasteiger partial charge in [0.2, 0.25) is 5.95 Å². The van der Waals surface area contributed by atoms with Gasteiger partial charge in [-0.3, -0.25) is 0 Å². The van der Waals surface area contributed by atoms with Gasteiger partial charge in [0.25, 0.3) is 0 Å². The van der Waals surface area contributed by atoms with Crippen molar-refractivity contribution in [3.63, 3.8) is 0 Å². The van der Waals surface area contributed by atoms with Gasteiger partial charge in [0, 0.05) is 12.7 Å². The van der Waals surface area contributed by atoms with Gasteiger partial charge in [-0.05, 0) is 18.5 Å². The average molecular weight is 150 g/mol. The zero-order valence-corrected chi connectivity index (χ0v) is 6.17. The van der Waals surface area contributed by atoms with Crippen LogP contribution >= 0.6 is 0 Å². The van der Waals surface area contributed by atoms with Crippen LogP contribution in [0.5, 0.6) is 0 Å². The second kappa shape index (κ2) is 2.47. The van der Waals surface area contributed by atoms with E-state index >= 15 is 0 Å². The van der Waals surface area contributed by atoms with E-state index in [2.05, 4.69) is 15.3 Å². The lowest BCUT2D eigenvalue weighted by atomic mass is 10.1. The Kier molecular flexibility index (Phi) is 1.47. The molecule has 0 saturated heterocycles. The van der Waals surface area contributed by atoms with Crippen molar-refractivity contribution in [2.24, 2.45) is 0 Å². The van der Waals surface area contributed by atoms with Crippen LogP contribution in [-0.2, 0) is 13.0 Å². The molecule has 3 N–H and O–H groups in total. The third-order valence-corrected chi connectivity index (χ3v) is 1.84. The number of rotatable bonds is 0. The molecule has 2 rings (SSSR count). The molecule has 0 bridgehead atoms. The molecule has 1 aromatic rings. The fraction of sp³-hybridized carbons (Fsp3) is 0.429. The van der Waals surface area contributed by atoms with Crippen LogP contribution in [0.4, 0.5) is 5.95 Å². The molecule has 0 amide bonds. The van der Waals surface area contributed by atoms with Crippen molar-refractivity contribution >= 4 is 5.95 Å². The van der Waals surface area contributed by atoms with Crippen molar-refractivity contribution < 1.29 is 0 Å². The minimum absolute atomic E-state index is 0.368. The SMILES string of the molecule is Nc1ncc2c(n1)CNCC2. The van der Waals surface area contributed by atoms with Gasteiger partial charge >= 0.3 is 0 Å². The Morgan fingerprint density at radius 2 is 2.45 bits per heavy atom. The Morgan fingerprint density at radius 1 is 1.55 bits per heavy atom. The Balaban J connectivity index is 2.43. The predicted molar refractivity (Wildman–Crippen MR) is 41.9 cm³/mol. The summed E-state index contributed by atoms with van der Waals surface area (Å²) in [6, 6.07) is 0. The van der Waals surface area contributed by atoms with Gasteiger partial charge in [-0.25, -0.2) is 9.97 Å². The Bertz CT molecular complexity index is 271. The maximum absolute atomic E-state index is 5.43. The average Bonchev–Trinajstić information content (AvgIpc) is 2.04. The van der Waals surface area contributed by atoms with E-state index in [0.29, 0.717) is 5.95 Å². The maximum Gasteiger partial charge on any atom is 0.220 e. The van der Waals surface area contributed by atoms with Crippen molar-refractivity contribution in [1.29, 1.82) is 0 Å². The van der Waals surface area contributed by atoms with Crippen LogP contribution in [0, 0.1) is 0 Å². The van der Waals surface area contributed by atoms with E-state index in [0.717, 1.165) is 25.2 Å². The van der Waals surface area contributed by atoms with E-state index in [1.807, 2.05) is 6.20 Å². The smallest absolute Gasteiger partial charge is 0.220 e. The molecule has 0 aromatic carbocycles. The standard InChI is InChI=1S/C7H10N4/c8-7-10-3-5-1-2-9-4-6(5)11-7/h3,9H,1-2,4H2,(H2,8,10,11). The summed E-state index contributed by atoms with van der Waals surface area (Å²) in [4.78, 5) is 8.05. The number of nitrogens with one attached hydrogen (secondary N) is 1. The molecule has 1 aliphatic rings. The molecule has 4 heteroatoms. The monoisotopic (exact) mass is 150 g/mol. The molecule has 0 radical (unpaired) electrons. The molecule has 0 atom stereocenters. The topological polar surface area (TPSA) is 63.8 Å². The predicted octanol–water partition coefficient (Wildman–Crippen LogP) is -0.296. The van der Waals surface area contributed by atoms with Gasteiger partial charge in [-0.15, -0.1) is 0 Å². The number of nitrogens with two attached hydrogens (primary N) is 1. The highest BCUT2D eigenvalue weighted by Crippen LogP contribution is 2.09. The summed E-state index contributed by atoms with van der Waals surface area (Å²) in [6.45, 7) is 1.84. The third-order valence-electron chi connectivity index (χ3n) is 1.84. The van der Waals surface area contributed by atoms with Gasteiger partial charge in [0.1, 0.15) is 0 Å².